The molecule has 0 bridgehead atoms. The van der Waals surface area contributed by atoms with Crippen LogP contribution in [-0.4, -0.2) is 45.0 Å². The fraction of sp³-hybridized carbons (Fsp3) is 0.462. The number of amides is 1. The van der Waals surface area contributed by atoms with Crippen molar-refractivity contribution in [3.63, 3.8) is 0 Å². The molecule has 1 N–H and O–H groups in total. The monoisotopic (exact) mass is 261 g/mol. The predicted octanol–water partition coefficient (Wildman–Crippen LogP) is 1.32. The number of fused-ring (bicyclic) bond motifs is 1. The maximum Gasteiger partial charge on any atom is 0.244 e. The topological polar surface area (TPSA) is 62.5 Å². The third-order valence-electron chi connectivity index (χ3n) is 3.05. The Morgan fingerprint density at radius 3 is 2.95 bits per heavy atom. The first kappa shape index (κ1) is 13.3. The molecule has 0 saturated heterocycles. The summed E-state index contributed by atoms with van der Waals surface area (Å²) < 4.78 is 1.71. The Bertz CT molecular complexity index is 592. The number of likely N-dealkylation sites (N-methyl/N-ethyl adjacent to an activating group) is 1. The first-order valence-electron chi connectivity index (χ1n) is 6.35. The number of aromatic nitrogens is 3. The lowest BCUT2D eigenvalue weighted by Gasteiger charge is -2.19. The summed E-state index contributed by atoms with van der Waals surface area (Å²) in [6.45, 7) is 6.43. The zero-order chi connectivity index (χ0) is 14.0. The van der Waals surface area contributed by atoms with Crippen molar-refractivity contribution in [1.29, 1.82) is 0 Å². The van der Waals surface area contributed by atoms with Crippen molar-refractivity contribution < 1.29 is 4.79 Å². The van der Waals surface area contributed by atoms with Gasteiger partial charge in [0.15, 0.2) is 5.65 Å². The molecule has 0 aromatic carbocycles. The molecule has 0 aliphatic carbocycles. The highest BCUT2D eigenvalue weighted by Gasteiger charge is 2.17. The van der Waals surface area contributed by atoms with Crippen LogP contribution in [0.2, 0.25) is 0 Å². The van der Waals surface area contributed by atoms with E-state index in [1.54, 1.807) is 16.5 Å². The number of nitrogens with zero attached hydrogens (tertiary/aromatic N) is 4. The van der Waals surface area contributed by atoms with Crippen LogP contribution in [0.4, 0.5) is 5.95 Å². The van der Waals surface area contributed by atoms with E-state index in [0.29, 0.717) is 12.5 Å². The lowest BCUT2D eigenvalue weighted by molar-refractivity contribution is -0.130. The van der Waals surface area contributed by atoms with Gasteiger partial charge in [-0.3, -0.25) is 4.79 Å². The summed E-state index contributed by atoms with van der Waals surface area (Å²) in [4.78, 5) is 17.9. The van der Waals surface area contributed by atoms with E-state index in [2.05, 4.69) is 15.4 Å². The minimum absolute atomic E-state index is 0.0255. The SMILES string of the molecule is CCN(C)C(=O)C(C)Nc1nc2ccc(C)cn2n1. The molecule has 0 aliphatic heterocycles. The maximum absolute atomic E-state index is 11.9. The zero-order valence-corrected chi connectivity index (χ0v) is 11.7. The van der Waals surface area contributed by atoms with E-state index in [1.807, 2.05) is 39.1 Å². The van der Waals surface area contributed by atoms with Crippen molar-refractivity contribution in [2.75, 3.05) is 18.9 Å². The van der Waals surface area contributed by atoms with Crippen molar-refractivity contribution in [1.82, 2.24) is 19.5 Å². The van der Waals surface area contributed by atoms with Crippen molar-refractivity contribution in [3.8, 4) is 0 Å². The molecule has 6 heteroatoms. The Morgan fingerprint density at radius 1 is 1.53 bits per heavy atom. The van der Waals surface area contributed by atoms with E-state index < -0.39 is 0 Å². The van der Waals surface area contributed by atoms with E-state index >= 15 is 0 Å². The number of rotatable bonds is 4. The van der Waals surface area contributed by atoms with Gasteiger partial charge in [0.25, 0.3) is 0 Å². The zero-order valence-electron chi connectivity index (χ0n) is 11.7. The molecule has 0 aliphatic rings. The summed E-state index contributed by atoms with van der Waals surface area (Å²) in [7, 11) is 1.78. The average Bonchev–Trinajstić information content (AvgIpc) is 2.77. The van der Waals surface area contributed by atoms with Crippen LogP contribution in [-0.2, 0) is 4.79 Å². The third-order valence-corrected chi connectivity index (χ3v) is 3.05. The van der Waals surface area contributed by atoms with Crippen molar-refractivity contribution >= 4 is 17.5 Å². The standard InChI is InChI=1S/C13H19N5O/c1-5-17(4)12(19)10(3)14-13-15-11-7-6-9(2)8-18(11)16-13/h6-8,10H,5H2,1-4H3,(H,14,16). The molecule has 2 rings (SSSR count). The van der Waals surface area contributed by atoms with Crippen LogP contribution in [0.25, 0.3) is 5.65 Å². The van der Waals surface area contributed by atoms with Gasteiger partial charge in [-0.15, -0.1) is 5.10 Å². The van der Waals surface area contributed by atoms with E-state index in [-0.39, 0.29) is 11.9 Å². The highest BCUT2D eigenvalue weighted by atomic mass is 16.2. The van der Waals surface area contributed by atoms with Crippen molar-refractivity contribution in [2.24, 2.45) is 0 Å². The molecule has 102 valence electrons. The molecular formula is C13H19N5O. The summed E-state index contributed by atoms with van der Waals surface area (Å²) in [5.74, 6) is 0.494. The Balaban J connectivity index is 2.15. The van der Waals surface area contributed by atoms with Crippen LogP contribution in [0.5, 0.6) is 0 Å². The number of carbonyl (C=O) groups is 1. The molecule has 0 fully saturated rings. The highest BCUT2D eigenvalue weighted by Crippen LogP contribution is 2.08. The fourth-order valence-corrected chi connectivity index (χ4v) is 1.79. The van der Waals surface area contributed by atoms with Crippen LogP contribution < -0.4 is 5.32 Å². The van der Waals surface area contributed by atoms with Crippen LogP contribution in [0, 0.1) is 6.92 Å². The molecule has 19 heavy (non-hydrogen) atoms. The first-order chi connectivity index (χ1) is 9.01. The van der Waals surface area contributed by atoms with Gasteiger partial charge in [-0.25, -0.2) is 4.52 Å². The van der Waals surface area contributed by atoms with Crippen molar-refractivity contribution in [2.45, 2.75) is 26.8 Å². The van der Waals surface area contributed by atoms with Crippen LogP contribution >= 0.6 is 0 Å². The van der Waals surface area contributed by atoms with Gasteiger partial charge >= 0.3 is 0 Å². The minimum atomic E-state index is -0.344. The number of nitrogens with one attached hydrogen (secondary N) is 1. The molecule has 1 unspecified atom stereocenters. The second-order valence-corrected chi connectivity index (χ2v) is 4.66. The van der Waals surface area contributed by atoms with Gasteiger partial charge in [-0.1, -0.05) is 6.07 Å². The molecule has 2 aromatic rings. The van der Waals surface area contributed by atoms with Gasteiger partial charge < -0.3 is 10.2 Å². The summed E-state index contributed by atoms with van der Waals surface area (Å²) in [5.41, 5.74) is 1.87. The van der Waals surface area contributed by atoms with Gasteiger partial charge in [0.05, 0.1) is 0 Å². The third kappa shape index (κ3) is 2.83. The molecule has 0 saturated carbocycles. The molecular weight excluding hydrogens is 242 g/mol. The molecule has 2 aromatic heterocycles. The summed E-state index contributed by atoms with van der Waals surface area (Å²) in [6, 6.07) is 3.54. The van der Waals surface area contributed by atoms with Crippen LogP contribution in [0.15, 0.2) is 18.3 Å². The average molecular weight is 261 g/mol. The summed E-state index contributed by atoms with van der Waals surface area (Å²) in [5, 5.41) is 7.34. The van der Waals surface area contributed by atoms with E-state index in [1.165, 1.54) is 0 Å². The van der Waals surface area contributed by atoms with Crippen molar-refractivity contribution in [3.05, 3.63) is 23.9 Å². The molecule has 0 spiro atoms. The molecule has 1 amide bonds. The number of hydrogen-bond acceptors (Lipinski definition) is 4. The van der Waals surface area contributed by atoms with Gasteiger partial charge in [0.1, 0.15) is 6.04 Å². The van der Waals surface area contributed by atoms with Gasteiger partial charge in [-0.2, -0.15) is 4.98 Å². The van der Waals surface area contributed by atoms with Crippen LogP contribution in [0.1, 0.15) is 19.4 Å². The second-order valence-electron chi connectivity index (χ2n) is 4.66. The van der Waals surface area contributed by atoms with Gasteiger partial charge in [0.2, 0.25) is 11.9 Å². The molecule has 6 nitrogen and oxygen atoms in total. The van der Waals surface area contributed by atoms with E-state index in [0.717, 1.165) is 11.2 Å². The lowest BCUT2D eigenvalue weighted by atomic mass is 10.3. The Morgan fingerprint density at radius 2 is 2.26 bits per heavy atom. The summed E-state index contributed by atoms with van der Waals surface area (Å²) >= 11 is 0. The van der Waals surface area contributed by atoms with E-state index in [9.17, 15) is 4.79 Å². The second kappa shape index (κ2) is 5.26. The lowest BCUT2D eigenvalue weighted by Crippen LogP contribution is -2.39. The predicted molar refractivity (Wildman–Crippen MR) is 74.1 cm³/mol. The Labute approximate surface area is 112 Å². The first-order valence-corrected chi connectivity index (χ1v) is 6.35. The van der Waals surface area contributed by atoms with Gasteiger partial charge in [-0.05, 0) is 32.4 Å². The highest BCUT2D eigenvalue weighted by molar-refractivity contribution is 5.83. The Kier molecular flexibility index (Phi) is 3.69. The quantitative estimate of drug-likeness (QED) is 0.901. The normalized spacial score (nSPS) is 12.4. The van der Waals surface area contributed by atoms with E-state index in [4.69, 9.17) is 0 Å². The number of pyridine rings is 1. The molecule has 1 atom stereocenters. The minimum Gasteiger partial charge on any atom is -0.344 e. The molecule has 0 radical (unpaired) electrons. The summed E-state index contributed by atoms with van der Waals surface area (Å²) in [6.07, 6.45) is 1.90. The number of aryl methyl sites for hydroxylation is 1. The number of carbonyl (C=O) groups excluding carboxylic acids is 1. The smallest absolute Gasteiger partial charge is 0.244 e. The Hall–Kier alpha value is -2.11. The largest absolute Gasteiger partial charge is 0.344 e. The maximum atomic E-state index is 11.9. The van der Waals surface area contributed by atoms with Gasteiger partial charge in [0, 0.05) is 19.8 Å². The molecule has 2 heterocycles. The number of hydrogen-bond donors (Lipinski definition) is 1. The number of anilines is 1. The van der Waals surface area contributed by atoms with Crippen LogP contribution in [0.3, 0.4) is 0 Å². The fourth-order valence-electron chi connectivity index (χ4n) is 1.79.